The molecule has 1 aromatic rings. The summed E-state index contributed by atoms with van der Waals surface area (Å²) in [5, 5.41) is 0. The van der Waals surface area contributed by atoms with E-state index in [2.05, 4.69) is 4.74 Å². The first-order chi connectivity index (χ1) is 11.6. The van der Waals surface area contributed by atoms with E-state index in [1.54, 1.807) is 6.07 Å². The van der Waals surface area contributed by atoms with E-state index in [1.165, 1.54) is 25.3 Å². The number of methoxy groups -OCH3 is 1. The summed E-state index contributed by atoms with van der Waals surface area (Å²) in [6.45, 7) is -2.14. The second kappa shape index (κ2) is 9.22. The maximum Gasteiger partial charge on any atom is 0.387 e. The highest BCUT2D eigenvalue weighted by Gasteiger charge is 2.16. The largest absolute Gasteiger partial charge is 0.493 e. The smallest absolute Gasteiger partial charge is 0.387 e. The second-order valence-corrected chi connectivity index (χ2v) is 5.21. The molecule has 1 fully saturated rings. The van der Waals surface area contributed by atoms with Crippen LogP contribution in [0.4, 0.5) is 8.78 Å². The standard InChI is InChI=1S/C17H20F2O5/c1-21-14-7-4-5-12(16(14)24-17(18)19)8-9-15(20)23-11-13-6-2-3-10-22-13/h4-5,7-9,13,17H,2-3,6,10-11H2,1H3/b9-8+. The average molecular weight is 342 g/mol. The van der Waals surface area contributed by atoms with Gasteiger partial charge in [-0.25, -0.2) is 4.79 Å². The third-order valence-electron chi connectivity index (χ3n) is 3.52. The number of carbonyl (C=O) groups is 1. The van der Waals surface area contributed by atoms with Crippen LogP contribution in [0, 0.1) is 0 Å². The lowest BCUT2D eigenvalue weighted by molar-refractivity contribution is -0.143. The molecule has 5 nitrogen and oxygen atoms in total. The van der Waals surface area contributed by atoms with Crippen molar-refractivity contribution in [3.8, 4) is 11.5 Å². The third kappa shape index (κ3) is 5.49. The van der Waals surface area contributed by atoms with E-state index in [4.69, 9.17) is 14.2 Å². The molecule has 1 aromatic carbocycles. The molecule has 0 N–H and O–H groups in total. The van der Waals surface area contributed by atoms with Crippen LogP contribution < -0.4 is 9.47 Å². The zero-order valence-electron chi connectivity index (χ0n) is 13.4. The Labute approximate surface area is 139 Å². The monoisotopic (exact) mass is 342 g/mol. The van der Waals surface area contributed by atoms with Gasteiger partial charge in [0, 0.05) is 18.2 Å². The van der Waals surface area contributed by atoms with Crippen molar-refractivity contribution in [2.45, 2.75) is 32.0 Å². The van der Waals surface area contributed by atoms with Crippen molar-refractivity contribution in [1.29, 1.82) is 0 Å². The van der Waals surface area contributed by atoms with Crippen molar-refractivity contribution in [2.24, 2.45) is 0 Å². The minimum absolute atomic E-state index is 0.0781. The topological polar surface area (TPSA) is 54.0 Å². The Bertz CT molecular complexity index is 568. The molecule has 2 rings (SSSR count). The lowest BCUT2D eigenvalue weighted by atomic mass is 10.1. The zero-order valence-corrected chi connectivity index (χ0v) is 13.4. The molecular formula is C17H20F2O5. The molecule has 1 aliphatic heterocycles. The number of hydrogen-bond acceptors (Lipinski definition) is 5. The molecule has 24 heavy (non-hydrogen) atoms. The van der Waals surface area contributed by atoms with Gasteiger partial charge in [-0.15, -0.1) is 0 Å². The lowest BCUT2D eigenvalue weighted by Gasteiger charge is -2.21. The van der Waals surface area contributed by atoms with Crippen LogP contribution in [0.25, 0.3) is 6.08 Å². The van der Waals surface area contributed by atoms with E-state index in [-0.39, 0.29) is 24.2 Å². The highest BCUT2D eigenvalue weighted by atomic mass is 19.3. The van der Waals surface area contributed by atoms with Crippen LogP contribution in [0.1, 0.15) is 24.8 Å². The Morgan fingerprint density at radius 3 is 2.92 bits per heavy atom. The first-order valence-corrected chi connectivity index (χ1v) is 7.68. The molecule has 1 unspecified atom stereocenters. The van der Waals surface area contributed by atoms with Gasteiger partial charge in [0.2, 0.25) is 0 Å². The summed E-state index contributed by atoms with van der Waals surface area (Å²) in [4.78, 5) is 11.8. The first kappa shape index (κ1) is 18.2. The van der Waals surface area contributed by atoms with Crippen molar-refractivity contribution in [3.05, 3.63) is 29.8 Å². The predicted molar refractivity (Wildman–Crippen MR) is 83.2 cm³/mol. The molecule has 0 bridgehead atoms. The number of ether oxygens (including phenoxy) is 4. The van der Waals surface area contributed by atoms with E-state index in [9.17, 15) is 13.6 Å². The highest BCUT2D eigenvalue weighted by Crippen LogP contribution is 2.33. The van der Waals surface area contributed by atoms with Crippen molar-refractivity contribution in [1.82, 2.24) is 0 Å². The molecule has 0 spiro atoms. The summed E-state index contributed by atoms with van der Waals surface area (Å²) in [7, 11) is 1.35. The normalized spacial score (nSPS) is 17.9. The van der Waals surface area contributed by atoms with Crippen LogP contribution >= 0.6 is 0 Å². The van der Waals surface area contributed by atoms with Crippen LogP contribution in [0.15, 0.2) is 24.3 Å². The Kier molecular flexibility index (Phi) is 6.99. The van der Waals surface area contributed by atoms with Crippen molar-refractivity contribution in [3.63, 3.8) is 0 Å². The Balaban J connectivity index is 1.98. The summed E-state index contributed by atoms with van der Waals surface area (Å²) < 4.78 is 45.1. The molecule has 132 valence electrons. The summed E-state index contributed by atoms with van der Waals surface area (Å²) in [6.07, 6.45) is 5.37. The van der Waals surface area contributed by atoms with Crippen LogP contribution in [0.5, 0.6) is 11.5 Å². The molecule has 1 aliphatic rings. The number of halogens is 2. The maximum absolute atomic E-state index is 12.5. The molecule has 7 heteroatoms. The number of hydrogen-bond donors (Lipinski definition) is 0. The van der Waals surface area contributed by atoms with Crippen molar-refractivity contribution < 1.29 is 32.5 Å². The fourth-order valence-corrected chi connectivity index (χ4v) is 2.36. The number of carbonyl (C=O) groups excluding carboxylic acids is 1. The van der Waals surface area contributed by atoms with Gasteiger partial charge in [0.1, 0.15) is 6.61 Å². The molecule has 0 amide bonds. The van der Waals surface area contributed by atoms with E-state index in [0.717, 1.165) is 25.3 Å². The predicted octanol–water partition coefficient (Wildman–Crippen LogP) is 3.42. The Hall–Kier alpha value is -2.15. The zero-order chi connectivity index (χ0) is 17.4. The molecule has 0 aromatic heterocycles. The SMILES string of the molecule is COc1cccc(/C=C/C(=O)OCC2CCCCO2)c1OC(F)F. The maximum atomic E-state index is 12.5. The van der Waals surface area contributed by atoms with Gasteiger partial charge < -0.3 is 18.9 Å². The molecule has 0 saturated carbocycles. The molecule has 0 radical (unpaired) electrons. The fourth-order valence-electron chi connectivity index (χ4n) is 2.36. The lowest BCUT2D eigenvalue weighted by Crippen LogP contribution is -2.25. The Morgan fingerprint density at radius 1 is 1.42 bits per heavy atom. The molecular weight excluding hydrogens is 322 g/mol. The number of benzene rings is 1. The van der Waals surface area contributed by atoms with Crippen LogP contribution in [-0.2, 0) is 14.3 Å². The summed E-state index contributed by atoms with van der Waals surface area (Å²) >= 11 is 0. The number of alkyl halides is 2. The van der Waals surface area contributed by atoms with Gasteiger partial charge >= 0.3 is 12.6 Å². The van der Waals surface area contributed by atoms with Gasteiger partial charge in [0.25, 0.3) is 0 Å². The molecule has 1 atom stereocenters. The van der Waals surface area contributed by atoms with Gasteiger partial charge in [0.05, 0.1) is 13.2 Å². The van der Waals surface area contributed by atoms with Crippen LogP contribution in [-0.4, -0.2) is 39.0 Å². The van der Waals surface area contributed by atoms with Gasteiger partial charge in [-0.3, -0.25) is 0 Å². The van der Waals surface area contributed by atoms with E-state index in [1.807, 2.05) is 0 Å². The van der Waals surface area contributed by atoms with Crippen LogP contribution in [0.3, 0.4) is 0 Å². The molecule has 1 saturated heterocycles. The summed E-state index contributed by atoms with van der Waals surface area (Å²) in [6, 6.07) is 4.64. The first-order valence-electron chi connectivity index (χ1n) is 7.68. The van der Waals surface area contributed by atoms with Gasteiger partial charge in [-0.05, 0) is 31.4 Å². The molecule has 0 aliphatic carbocycles. The average Bonchev–Trinajstić information content (AvgIpc) is 2.59. The van der Waals surface area contributed by atoms with Gasteiger partial charge in [0.15, 0.2) is 11.5 Å². The third-order valence-corrected chi connectivity index (χ3v) is 3.52. The van der Waals surface area contributed by atoms with E-state index >= 15 is 0 Å². The minimum atomic E-state index is -3.00. The van der Waals surface area contributed by atoms with Crippen molar-refractivity contribution >= 4 is 12.0 Å². The van der Waals surface area contributed by atoms with E-state index in [0.29, 0.717) is 12.2 Å². The van der Waals surface area contributed by atoms with Gasteiger partial charge in [-0.1, -0.05) is 12.1 Å². The highest BCUT2D eigenvalue weighted by molar-refractivity contribution is 5.87. The minimum Gasteiger partial charge on any atom is -0.493 e. The second-order valence-electron chi connectivity index (χ2n) is 5.21. The van der Waals surface area contributed by atoms with Crippen LogP contribution in [0.2, 0.25) is 0 Å². The number of rotatable bonds is 7. The summed E-state index contributed by atoms with van der Waals surface area (Å²) in [5.41, 5.74) is 0.292. The number of esters is 1. The van der Waals surface area contributed by atoms with Crippen molar-refractivity contribution in [2.75, 3.05) is 20.3 Å². The number of para-hydroxylation sites is 1. The fraction of sp³-hybridized carbons (Fsp3) is 0.471. The van der Waals surface area contributed by atoms with E-state index < -0.39 is 12.6 Å². The summed E-state index contributed by atoms with van der Waals surface area (Å²) in [5.74, 6) is -0.550. The molecule has 1 heterocycles. The quantitative estimate of drug-likeness (QED) is 0.561. The Morgan fingerprint density at radius 2 is 2.25 bits per heavy atom. The van der Waals surface area contributed by atoms with Gasteiger partial charge in [-0.2, -0.15) is 8.78 Å².